The van der Waals surface area contributed by atoms with Crippen LogP contribution in [0.5, 0.6) is 0 Å². The highest BCUT2D eigenvalue weighted by atomic mass is 16.5. The van der Waals surface area contributed by atoms with E-state index in [-0.39, 0.29) is 17.7 Å². The van der Waals surface area contributed by atoms with E-state index in [0.717, 1.165) is 11.5 Å². The number of likely N-dealkylation sites (tertiary alicyclic amines) is 1. The lowest BCUT2D eigenvalue weighted by Crippen LogP contribution is -2.54. The van der Waals surface area contributed by atoms with E-state index >= 15 is 0 Å². The third kappa shape index (κ3) is 3.42. The Hall–Kier alpha value is -2.67. The summed E-state index contributed by atoms with van der Waals surface area (Å²) in [7, 11) is 0. The predicted molar refractivity (Wildman–Crippen MR) is 105 cm³/mol. The molecule has 1 fully saturated rings. The fourth-order valence-electron chi connectivity index (χ4n) is 4.07. The summed E-state index contributed by atoms with van der Waals surface area (Å²) in [6.45, 7) is 5.49. The smallest absolute Gasteiger partial charge is 0.255 e. The monoisotopic (exact) mass is 382 g/mol. The Balaban J connectivity index is 1.52. The number of imidazole rings is 1. The minimum atomic E-state index is -0.631. The molecule has 28 heavy (non-hydrogen) atoms. The predicted octanol–water partition coefficient (Wildman–Crippen LogP) is 2.39. The third-order valence-corrected chi connectivity index (χ3v) is 5.56. The number of hydrogen-bond donors (Lipinski definition) is 1. The van der Waals surface area contributed by atoms with E-state index < -0.39 is 11.7 Å². The van der Waals surface area contributed by atoms with Crippen LogP contribution in [0.3, 0.4) is 0 Å². The van der Waals surface area contributed by atoms with Crippen LogP contribution in [0.4, 0.5) is 5.69 Å². The number of carbonyl (C=O) groups is 2. The van der Waals surface area contributed by atoms with E-state index in [0.29, 0.717) is 32.5 Å². The van der Waals surface area contributed by atoms with Crippen molar-refractivity contribution in [1.29, 1.82) is 0 Å². The van der Waals surface area contributed by atoms with Crippen molar-refractivity contribution >= 4 is 17.5 Å². The van der Waals surface area contributed by atoms with E-state index in [9.17, 15) is 9.59 Å². The summed E-state index contributed by atoms with van der Waals surface area (Å²) in [5.41, 5.74) is 0.118. The Morgan fingerprint density at radius 3 is 2.61 bits per heavy atom. The molecule has 2 aliphatic rings. The van der Waals surface area contributed by atoms with E-state index in [1.165, 1.54) is 0 Å². The first-order valence-corrected chi connectivity index (χ1v) is 9.83. The van der Waals surface area contributed by atoms with Gasteiger partial charge in [0.2, 0.25) is 5.91 Å². The van der Waals surface area contributed by atoms with Crippen LogP contribution in [-0.2, 0) is 26.5 Å². The first kappa shape index (κ1) is 18.7. The summed E-state index contributed by atoms with van der Waals surface area (Å²) in [6, 6.07) is 9.39. The number of nitrogens with one attached hydrogen (secondary N) is 1. The van der Waals surface area contributed by atoms with Gasteiger partial charge in [0.1, 0.15) is 11.4 Å². The Bertz CT molecular complexity index is 854. The molecule has 1 N–H and O–H groups in total. The fourth-order valence-corrected chi connectivity index (χ4v) is 4.07. The van der Waals surface area contributed by atoms with Gasteiger partial charge < -0.3 is 19.5 Å². The molecule has 3 heterocycles. The Labute approximate surface area is 164 Å². The summed E-state index contributed by atoms with van der Waals surface area (Å²) in [5, 5.41) is 2.94. The normalized spacial score (nSPS) is 20.8. The van der Waals surface area contributed by atoms with E-state index in [4.69, 9.17) is 4.74 Å². The second-order valence-electron chi connectivity index (χ2n) is 7.84. The maximum atomic E-state index is 12.9. The highest BCUT2D eigenvalue weighted by Crippen LogP contribution is 2.40. The minimum Gasteiger partial charge on any atom is -0.352 e. The summed E-state index contributed by atoms with van der Waals surface area (Å²) in [5.74, 6) is 0.832. The lowest BCUT2D eigenvalue weighted by molar-refractivity contribution is -0.173. The minimum absolute atomic E-state index is 0.0206. The van der Waals surface area contributed by atoms with Crippen molar-refractivity contribution in [3.63, 3.8) is 0 Å². The van der Waals surface area contributed by atoms with Crippen LogP contribution in [-0.4, -0.2) is 45.5 Å². The van der Waals surface area contributed by atoms with Gasteiger partial charge >= 0.3 is 0 Å². The lowest BCUT2D eigenvalue weighted by Gasteiger charge is -2.45. The molecule has 2 amide bonds. The van der Waals surface area contributed by atoms with Crippen LogP contribution in [0.15, 0.2) is 42.7 Å². The molecular formula is C21H26N4O3. The van der Waals surface area contributed by atoms with E-state index in [1.807, 2.05) is 59.8 Å². The first-order chi connectivity index (χ1) is 13.5. The first-order valence-electron chi connectivity index (χ1n) is 9.83. The molecule has 1 spiro atoms. The molecule has 1 aromatic heterocycles. The number of para-hydroxylation sites is 1. The van der Waals surface area contributed by atoms with Crippen molar-refractivity contribution in [3.05, 3.63) is 48.5 Å². The molecule has 1 aromatic carbocycles. The number of rotatable bonds is 3. The van der Waals surface area contributed by atoms with Gasteiger partial charge in [0.15, 0.2) is 6.10 Å². The van der Waals surface area contributed by atoms with Crippen LogP contribution < -0.4 is 5.32 Å². The molecule has 4 rings (SSSR count). The van der Waals surface area contributed by atoms with Gasteiger partial charge in [0.25, 0.3) is 5.91 Å². The highest BCUT2D eigenvalue weighted by molar-refractivity contribution is 5.94. The average molecular weight is 382 g/mol. The van der Waals surface area contributed by atoms with Gasteiger partial charge in [-0.3, -0.25) is 9.59 Å². The lowest BCUT2D eigenvalue weighted by atomic mass is 9.88. The maximum absolute atomic E-state index is 12.9. The fraction of sp³-hybridized carbons (Fsp3) is 0.476. The molecule has 2 aromatic rings. The Kier molecular flexibility index (Phi) is 4.93. The van der Waals surface area contributed by atoms with E-state index in [1.54, 1.807) is 6.20 Å². The second-order valence-corrected chi connectivity index (χ2v) is 7.84. The van der Waals surface area contributed by atoms with Gasteiger partial charge in [-0.1, -0.05) is 32.0 Å². The number of hydrogen-bond acceptors (Lipinski definition) is 4. The summed E-state index contributed by atoms with van der Waals surface area (Å²) < 4.78 is 8.40. The summed E-state index contributed by atoms with van der Waals surface area (Å²) >= 11 is 0. The SMILES string of the molecule is CC(C)C(=O)N1CCC2(CC1)OC(C(=O)Nc1ccccc1)Cn1ccnc12. The van der Waals surface area contributed by atoms with Crippen molar-refractivity contribution in [2.75, 3.05) is 18.4 Å². The number of carbonyl (C=O) groups excluding carboxylic acids is 2. The molecule has 2 aliphatic heterocycles. The van der Waals surface area contributed by atoms with Gasteiger partial charge in [-0.2, -0.15) is 0 Å². The molecule has 0 bridgehead atoms. The van der Waals surface area contributed by atoms with Gasteiger partial charge in [-0.15, -0.1) is 0 Å². The molecule has 148 valence electrons. The number of anilines is 1. The topological polar surface area (TPSA) is 76.5 Å². The molecule has 7 heteroatoms. The number of piperidine rings is 1. The zero-order valence-electron chi connectivity index (χ0n) is 16.3. The molecule has 1 unspecified atom stereocenters. The van der Waals surface area contributed by atoms with Crippen LogP contribution in [0.1, 0.15) is 32.5 Å². The van der Waals surface area contributed by atoms with Crippen molar-refractivity contribution in [2.45, 2.75) is 44.9 Å². The molecular weight excluding hydrogens is 356 g/mol. The van der Waals surface area contributed by atoms with Crippen molar-refractivity contribution < 1.29 is 14.3 Å². The zero-order valence-corrected chi connectivity index (χ0v) is 16.3. The number of aromatic nitrogens is 2. The van der Waals surface area contributed by atoms with E-state index in [2.05, 4.69) is 10.3 Å². The quantitative estimate of drug-likeness (QED) is 0.884. The average Bonchev–Trinajstić information content (AvgIpc) is 3.18. The van der Waals surface area contributed by atoms with Gasteiger partial charge in [-0.25, -0.2) is 4.98 Å². The second kappa shape index (κ2) is 7.39. The van der Waals surface area contributed by atoms with Crippen molar-refractivity contribution in [3.8, 4) is 0 Å². The molecule has 1 saturated heterocycles. The number of nitrogens with zero attached hydrogens (tertiary/aromatic N) is 3. The molecule has 7 nitrogen and oxygen atoms in total. The molecule has 1 atom stereocenters. The third-order valence-electron chi connectivity index (χ3n) is 5.56. The number of amides is 2. The number of benzene rings is 1. The molecule has 0 saturated carbocycles. The van der Waals surface area contributed by atoms with Gasteiger partial charge in [0.05, 0.1) is 6.54 Å². The number of ether oxygens (including phenoxy) is 1. The maximum Gasteiger partial charge on any atom is 0.255 e. The van der Waals surface area contributed by atoms with Crippen LogP contribution >= 0.6 is 0 Å². The molecule has 0 aliphatic carbocycles. The van der Waals surface area contributed by atoms with Gasteiger partial charge in [0, 0.05) is 49.9 Å². The Morgan fingerprint density at radius 1 is 1.21 bits per heavy atom. The van der Waals surface area contributed by atoms with Crippen molar-refractivity contribution in [1.82, 2.24) is 14.5 Å². The largest absolute Gasteiger partial charge is 0.352 e. The summed E-state index contributed by atoms with van der Waals surface area (Å²) in [6.07, 6.45) is 4.32. The summed E-state index contributed by atoms with van der Waals surface area (Å²) in [4.78, 5) is 31.6. The molecule has 0 radical (unpaired) electrons. The van der Waals surface area contributed by atoms with Crippen molar-refractivity contribution in [2.24, 2.45) is 5.92 Å². The standard InChI is InChI=1S/C21H26N4O3/c1-15(2)19(27)24-11-8-21(9-12-24)20-22-10-13-25(20)14-17(28-21)18(26)23-16-6-4-3-5-7-16/h3-7,10,13,15,17H,8-9,11-12,14H2,1-2H3,(H,23,26). The van der Waals surface area contributed by atoms with Gasteiger partial charge in [-0.05, 0) is 12.1 Å². The number of fused-ring (bicyclic) bond motifs is 2. The highest BCUT2D eigenvalue weighted by Gasteiger charge is 2.47. The zero-order chi connectivity index (χ0) is 19.7. The Morgan fingerprint density at radius 2 is 1.93 bits per heavy atom. The van der Waals surface area contributed by atoms with Crippen LogP contribution in [0, 0.1) is 5.92 Å². The van der Waals surface area contributed by atoms with Crippen LogP contribution in [0.25, 0.3) is 0 Å². The van der Waals surface area contributed by atoms with Crippen LogP contribution in [0.2, 0.25) is 0 Å².